The van der Waals surface area contributed by atoms with Crippen molar-refractivity contribution >= 4 is 16.9 Å². The molecule has 3 aromatic rings. The molecule has 2 aromatic carbocycles. The Kier molecular flexibility index (Phi) is 5.63. The van der Waals surface area contributed by atoms with E-state index in [1.807, 2.05) is 36.1 Å². The molecule has 1 aliphatic heterocycles. The third-order valence-electron chi connectivity index (χ3n) is 5.62. The second-order valence-corrected chi connectivity index (χ2v) is 7.46. The highest BCUT2D eigenvalue weighted by Gasteiger charge is 2.27. The maximum Gasteiger partial charge on any atom is 0.289 e. The van der Waals surface area contributed by atoms with Crippen LogP contribution in [0.25, 0.3) is 11.0 Å². The molecule has 4 rings (SSSR count). The number of hydrogen-bond acceptors (Lipinski definition) is 5. The first kappa shape index (κ1) is 20.2. The third kappa shape index (κ3) is 3.85. The molecule has 7 heteroatoms. The van der Waals surface area contributed by atoms with Gasteiger partial charge in [0, 0.05) is 43.7 Å². The van der Waals surface area contributed by atoms with Gasteiger partial charge in [0.1, 0.15) is 11.3 Å². The number of nitrogens with zero attached hydrogens (tertiary/aromatic N) is 2. The molecular weight excluding hydrogens is 387 g/mol. The number of aryl methyl sites for hydroxylation is 1. The monoisotopic (exact) mass is 412 g/mol. The van der Waals surface area contributed by atoms with Crippen LogP contribution in [0.1, 0.15) is 21.7 Å². The van der Waals surface area contributed by atoms with Gasteiger partial charge in [0.25, 0.3) is 5.91 Å². The summed E-state index contributed by atoms with van der Waals surface area (Å²) in [5.41, 5.74) is 2.39. The second-order valence-electron chi connectivity index (χ2n) is 7.46. The van der Waals surface area contributed by atoms with Gasteiger partial charge in [-0.15, -0.1) is 0 Å². The Labute approximate surface area is 174 Å². The number of benzene rings is 2. The Balaban J connectivity index is 1.41. The Morgan fingerprint density at radius 3 is 2.50 bits per heavy atom. The summed E-state index contributed by atoms with van der Waals surface area (Å²) in [6, 6.07) is 10.5. The standard InChI is InChI=1S/C23H25FN2O4/c1-15-18-13-17(28-2)5-7-20(18)30-22(15)23(27)26-10-8-25(9-11-26)14-16-4-6-21(29-3)19(24)12-16/h4-7,12-13H,8-11,14H2,1-3H3. The Morgan fingerprint density at radius 1 is 1.07 bits per heavy atom. The van der Waals surface area contributed by atoms with E-state index in [1.54, 1.807) is 13.2 Å². The summed E-state index contributed by atoms with van der Waals surface area (Å²) in [6.45, 7) is 5.15. The Morgan fingerprint density at radius 2 is 1.83 bits per heavy atom. The number of piperazine rings is 1. The van der Waals surface area contributed by atoms with Crippen LogP contribution in [-0.4, -0.2) is 56.1 Å². The molecule has 0 unspecified atom stereocenters. The maximum absolute atomic E-state index is 13.9. The van der Waals surface area contributed by atoms with Gasteiger partial charge in [-0.05, 0) is 42.8 Å². The quantitative estimate of drug-likeness (QED) is 0.637. The first-order valence-electron chi connectivity index (χ1n) is 9.91. The van der Waals surface area contributed by atoms with Crippen molar-refractivity contribution in [1.82, 2.24) is 9.80 Å². The molecule has 0 saturated carbocycles. The molecule has 1 aliphatic rings. The molecule has 0 atom stereocenters. The van der Waals surface area contributed by atoms with Gasteiger partial charge in [0.05, 0.1) is 14.2 Å². The van der Waals surface area contributed by atoms with Crippen LogP contribution < -0.4 is 9.47 Å². The minimum absolute atomic E-state index is 0.0993. The van der Waals surface area contributed by atoms with Gasteiger partial charge in [-0.1, -0.05) is 6.07 Å². The molecule has 0 spiro atoms. The van der Waals surface area contributed by atoms with Crippen LogP contribution in [-0.2, 0) is 6.54 Å². The predicted octanol–water partition coefficient (Wildman–Crippen LogP) is 3.86. The van der Waals surface area contributed by atoms with Crippen molar-refractivity contribution in [2.45, 2.75) is 13.5 Å². The molecule has 0 N–H and O–H groups in total. The molecule has 0 aliphatic carbocycles. The van der Waals surface area contributed by atoms with Gasteiger partial charge in [0.15, 0.2) is 17.3 Å². The van der Waals surface area contributed by atoms with E-state index in [-0.39, 0.29) is 17.5 Å². The lowest BCUT2D eigenvalue weighted by Crippen LogP contribution is -2.48. The lowest BCUT2D eigenvalue weighted by atomic mass is 10.1. The smallest absolute Gasteiger partial charge is 0.289 e. The summed E-state index contributed by atoms with van der Waals surface area (Å²) in [7, 11) is 3.07. The number of rotatable bonds is 5. The minimum atomic E-state index is -0.360. The highest BCUT2D eigenvalue weighted by Crippen LogP contribution is 2.30. The minimum Gasteiger partial charge on any atom is -0.497 e. The van der Waals surface area contributed by atoms with E-state index in [2.05, 4.69) is 4.90 Å². The number of amides is 1. The van der Waals surface area contributed by atoms with Crippen LogP contribution in [0.5, 0.6) is 11.5 Å². The van der Waals surface area contributed by atoms with Crippen LogP contribution in [0, 0.1) is 12.7 Å². The van der Waals surface area contributed by atoms with E-state index < -0.39 is 0 Å². The van der Waals surface area contributed by atoms with Gasteiger partial charge in [-0.2, -0.15) is 0 Å². The predicted molar refractivity (Wildman–Crippen MR) is 112 cm³/mol. The van der Waals surface area contributed by atoms with E-state index in [9.17, 15) is 9.18 Å². The normalized spacial score (nSPS) is 14.9. The van der Waals surface area contributed by atoms with Gasteiger partial charge in [-0.3, -0.25) is 9.69 Å². The number of carbonyl (C=O) groups excluding carboxylic acids is 1. The van der Waals surface area contributed by atoms with Gasteiger partial charge in [-0.25, -0.2) is 4.39 Å². The summed E-state index contributed by atoms with van der Waals surface area (Å²) >= 11 is 0. The van der Waals surface area contributed by atoms with Crippen molar-refractivity contribution in [3.8, 4) is 11.5 Å². The van der Waals surface area contributed by atoms with Crippen molar-refractivity contribution in [3.05, 3.63) is 59.1 Å². The van der Waals surface area contributed by atoms with E-state index in [1.165, 1.54) is 13.2 Å². The lowest BCUT2D eigenvalue weighted by Gasteiger charge is -2.34. The van der Waals surface area contributed by atoms with E-state index in [0.29, 0.717) is 44.1 Å². The summed E-state index contributed by atoms with van der Waals surface area (Å²) in [5, 5.41) is 0.887. The fraction of sp³-hybridized carbons (Fsp3) is 0.348. The van der Waals surface area contributed by atoms with Crippen molar-refractivity contribution in [1.29, 1.82) is 0 Å². The number of methoxy groups -OCH3 is 2. The highest BCUT2D eigenvalue weighted by molar-refractivity contribution is 5.99. The number of hydrogen-bond donors (Lipinski definition) is 0. The molecule has 2 heterocycles. The fourth-order valence-corrected chi connectivity index (χ4v) is 3.85. The van der Waals surface area contributed by atoms with Crippen molar-refractivity contribution in [2.24, 2.45) is 0 Å². The lowest BCUT2D eigenvalue weighted by molar-refractivity contribution is 0.0599. The number of halogens is 1. The van der Waals surface area contributed by atoms with Crippen LogP contribution in [0.2, 0.25) is 0 Å². The van der Waals surface area contributed by atoms with E-state index >= 15 is 0 Å². The topological polar surface area (TPSA) is 55.2 Å². The van der Waals surface area contributed by atoms with Crippen molar-refractivity contribution in [3.63, 3.8) is 0 Å². The fourth-order valence-electron chi connectivity index (χ4n) is 3.85. The largest absolute Gasteiger partial charge is 0.497 e. The third-order valence-corrected chi connectivity index (χ3v) is 5.62. The average Bonchev–Trinajstić information content (AvgIpc) is 3.09. The molecular formula is C23H25FN2O4. The van der Waals surface area contributed by atoms with Gasteiger partial charge >= 0.3 is 0 Å². The van der Waals surface area contributed by atoms with Crippen molar-refractivity contribution in [2.75, 3.05) is 40.4 Å². The molecule has 1 fully saturated rings. The molecule has 1 saturated heterocycles. The number of fused-ring (bicyclic) bond motifs is 1. The number of furan rings is 1. The van der Waals surface area contributed by atoms with Gasteiger partial charge < -0.3 is 18.8 Å². The molecule has 30 heavy (non-hydrogen) atoms. The van der Waals surface area contributed by atoms with Crippen LogP contribution in [0.15, 0.2) is 40.8 Å². The van der Waals surface area contributed by atoms with Crippen LogP contribution in [0.3, 0.4) is 0 Å². The van der Waals surface area contributed by atoms with Gasteiger partial charge in [0.2, 0.25) is 0 Å². The molecule has 6 nitrogen and oxygen atoms in total. The zero-order chi connectivity index (χ0) is 21.3. The zero-order valence-electron chi connectivity index (χ0n) is 17.4. The highest BCUT2D eigenvalue weighted by atomic mass is 19.1. The second kappa shape index (κ2) is 8.36. The Bertz CT molecular complexity index is 1070. The number of ether oxygens (including phenoxy) is 2. The first-order chi connectivity index (χ1) is 14.5. The van der Waals surface area contributed by atoms with E-state index in [4.69, 9.17) is 13.9 Å². The molecule has 0 radical (unpaired) electrons. The van der Waals surface area contributed by atoms with Crippen LogP contribution in [0.4, 0.5) is 4.39 Å². The molecule has 0 bridgehead atoms. The summed E-state index contributed by atoms with van der Waals surface area (Å²) < 4.78 is 30.0. The SMILES string of the molecule is COc1ccc2oc(C(=O)N3CCN(Cc4ccc(OC)c(F)c4)CC3)c(C)c2c1. The first-order valence-corrected chi connectivity index (χ1v) is 9.91. The van der Waals surface area contributed by atoms with Crippen molar-refractivity contribution < 1.29 is 23.1 Å². The summed E-state index contributed by atoms with van der Waals surface area (Å²) in [4.78, 5) is 17.1. The molecule has 1 aromatic heterocycles. The zero-order valence-corrected chi connectivity index (χ0v) is 17.4. The van der Waals surface area contributed by atoms with E-state index in [0.717, 1.165) is 22.3 Å². The Hall–Kier alpha value is -3.06. The number of carbonyl (C=O) groups is 1. The average molecular weight is 412 g/mol. The maximum atomic E-state index is 13.9. The molecule has 158 valence electrons. The van der Waals surface area contributed by atoms with Crippen LogP contribution >= 0.6 is 0 Å². The summed E-state index contributed by atoms with van der Waals surface area (Å²) in [6.07, 6.45) is 0. The molecule has 1 amide bonds. The summed E-state index contributed by atoms with van der Waals surface area (Å²) in [5.74, 6) is 0.893.